The number of carbonyl (C=O) groups excluding carboxylic acids is 1. The number of anilines is 2. The largest absolute Gasteiger partial charge is 0.485 e. The number of rotatable bonds is 5. The molecular weight excluding hydrogens is 428 g/mol. The van der Waals surface area contributed by atoms with Gasteiger partial charge in [-0.15, -0.1) is 0 Å². The van der Waals surface area contributed by atoms with Crippen LogP contribution in [0, 0.1) is 13.8 Å². The average molecular weight is 449 g/mol. The summed E-state index contributed by atoms with van der Waals surface area (Å²) in [6.45, 7) is 3.86. The lowest BCUT2D eigenvalue weighted by molar-refractivity contribution is 0.261. The number of urea groups is 1. The van der Waals surface area contributed by atoms with Crippen molar-refractivity contribution >= 4 is 34.7 Å². The van der Waals surface area contributed by atoms with E-state index >= 15 is 0 Å². The standard InChI is InChI=1S/C24H21ClN4O3/c1-15-9-10-17(12-19(15)25)27-24(31)28-20-7-3-4-8-21(20)32-14-18-13-22(30)29-11-5-6-16(2)23(29)26-18/h3-13H,14H2,1-2H3,(H2,27,28,31). The second-order valence-corrected chi connectivity index (χ2v) is 7.71. The summed E-state index contributed by atoms with van der Waals surface area (Å²) in [5.41, 5.74) is 3.78. The molecule has 0 spiro atoms. The fraction of sp³-hybridized carbons (Fsp3) is 0.125. The van der Waals surface area contributed by atoms with Gasteiger partial charge in [0.2, 0.25) is 0 Å². The average Bonchev–Trinajstić information content (AvgIpc) is 2.76. The summed E-state index contributed by atoms with van der Waals surface area (Å²) in [6.07, 6.45) is 1.68. The zero-order valence-electron chi connectivity index (χ0n) is 17.6. The fourth-order valence-corrected chi connectivity index (χ4v) is 3.37. The van der Waals surface area contributed by atoms with E-state index in [9.17, 15) is 9.59 Å². The molecule has 0 radical (unpaired) electrons. The fourth-order valence-electron chi connectivity index (χ4n) is 3.19. The molecule has 162 valence electrons. The van der Waals surface area contributed by atoms with E-state index in [4.69, 9.17) is 16.3 Å². The summed E-state index contributed by atoms with van der Waals surface area (Å²) in [5.74, 6) is 0.455. The maximum Gasteiger partial charge on any atom is 0.323 e. The third kappa shape index (κ3) is 4.73. The zero-order chi connectivity index (χ0) is 22.7. The van der Waals surface area contributed by atoms with Crippen LogP contribution in [-0.2, 0) is 6.61 Å². The summed E-state index contributed by atoms with van der Waals surface area (Å²) < 4.78 is 7.37. The molecule has 7 nitrogen and oxygen atoms in total. The highest BCUT2D eigenvalue weighted by molar-refractivity contribution is 6.31. The number of carbonyl (C=O) groups is 1. The molecule has 32 heavy (non-hydrogen) atoms. The predicted molar refractivity (Wildman–Crippen MR) is 126 cm³/mol. The number of pyridine rings is 1. The predicted octanol–water partition coefficient (Wildman–Crippen LogP) is 5.19. The number of nitrogens with zero attached hydrogens (tertiary/aromatic N) is 2. The van der Waals surface area contributed by atoms with Crippen molar-refractivity contribution in [1.29, 1.82) is 0 Å². The highest BCUT2D eigenvalue weighted by atomic mass is 35.5. The van der Waals surface area contributed by atoms with Gasteiger partial charge in [0.1, 0.15) is 18.0 Å². The minimum Gasteiger partial charge on any atom is -0.485 e. The van der Waals surface area contributed by atoms with E-state index in [1.807, 2.05) is 26.0 Å². The first-order valence-electron chi connectivity index (χ1n) is 9.94. The van der Waals surface area contributed by atoms with E-state index in [0.29, 0.717) is 33.5 Å². The van der Waals surface area contributed by atoms with Gasteiger partial charge in [0, 0.05) is 23.0 Å². The third-order valence-electron chi connectivity index (χ3n) is 4.88. The molecule has 2 amide bonds. The topological polar surface area (TPSA) is 84.7 Å². The summed E-state index contributed by atoms with van der Waals surface area (Å²) in [4.78, 5) is 29.4. The number of ether oxygens (including phenoxy) is 1. The molecule has 0 fully saturated rings. The Morgan fingerprint density at radius 1 is 1.03 bits per heavy atom. The Balaban J connectivity index is 1.48. The molecule has 0 unspecified atom stereocenters. The van der Waals surface area contributed by atoms with Crippen LogP contribution in [0.5, 0.6) is 5.75 Å². The summed E-state index contributed by atoms with van der Waals surface area (Å²) in [5, 5.41) is 6.09. The molecule has 0 aliphatic heterocycles. The van der Waals surface area contributed by atoms with Gasteiger partial charge in [0.25, 0.3) is 5.56 Å². The van der Waals surface area contributed by atoms with Crippen LogP contribution in [0.15, 0.2) is 71.7 Å². The van der Waals surface area contributed by atoms with E-state index < -0.39 is 6.03 Å². The number of benzene rings is 2. The van der Waals surface area contributed by atoms with E-state index in [1.165, 1.54) is 10.5 Å². The van der Waals surface area contributed by atoms with E-state index in [1.54, 1.807) is 48.7 Å². The van der Waals surface area contributed by atoms with Crippen molar-refractivity contribution in [2.24, 2.45) is 0 Å². The van der Waals surface area contributed by atoms with Crippen LogP contribution >= 0.6 is 11.6 Å². The molecule has 0 aliphatic carbocycles. The Bertz CT molecular complexity index is 1370. The summed E-state index contributed by atoms with van der Waals surface area (Å²) >= 11 is 6.12. The van der Waals surface area contributed by atoms with Crippen molar-refractivity contribution in [3.05, 3.63) is 99.1 Å². The Labute approximate surface area is 189 Å². The number of hydrogen-bond donors (Lipinski definition) is 2. The first-order valence-corrected chi connectivity index (χ1v) is 10.3. The van der Waals surface area contributed by atoms with Crippen molar-refractivity contribution in [1.82, 2.24) is 9.38 Å². The van der Waals surface area contributed by atoms with E-state index in [2.05, 4.69) is 15.6 Å². The lowest BCUT2D eigenvalue weighted by atomic mass is 10.2. The van der Waals surface area contributed by atoms with Crippen LogP contribution in [0.4, 0.5) is 16.2 Å². The maximum atomic E-state index is 12.5. The molecule has 0 saturated carbocycles. The number of hydrogen-bond acceptors (Lipinski definition) is 4. The Kier molecular flexibility index (Phi) is 6.09. The highest BCUT2D eigenvalue weighted by Crippen LogP contribution is 2.25. The van der Waals surface area contributed by atoms with Crippen molar-refractivity contribution in [3.8, 4) is 5.75 Å². The number of amides is 2. The lowest BCUT2D eigenvalue weighted by Gasteiger charge is -2.13. The number of para-hydroxylation sites is 2. The van der Waals surface area contributed by atoms with Gasteiger partial charge >= 0.3 is 6.03 Å². The van der Waals surface area contributed by atoms with Gasteiger partial charge in [0.15, 0.2) is 0 Å². The van der Waals surface area contributed by atoms with Gasteiger partial charge in [-0.2, -0.15) is 0 Å². The Morgan fingerprint density at radius 2 is 1.84 bits per heavy atom. The van der Waals surface area contributed by atoms with Crippen LogP contribution in [0.1, 0.15) is 16.8 Å². The van der Waals surface area contributed by atoms with Crippen molar-refractivity contribution in [2.75, 3.05) is 10.6 Å². The minimum absolute atomic E-state index is 0.0773. The molecule has 8 heteroatoms. The molecule has 0 atom stereocenters. The zero-order valence-corrected chi connectivity index (χ0v) is 18.3. The van der Waals surface area contributed by atoms with Gasteiger partial charge < -0.3 is 15.4 Å². The third-order valence-corrected chi connectivity index (χ3v) is 5.29. The molecule has 4 rings (SSSR count). The molecule has 2 aromatic carbocycles. The highest BCUT2D eigenvalue weighted by Gasteiger charge is 2.10. The Hall–Kier alpha value is -3.84. The molecular formula is C24H21ClN4O3. The van der Waals surface area contributed by atoms with Crippen LogP contribution in [-0.4, -0.2) is 15.4 Å². The SMILES string of the molecule is Cc1ccc(NC(=O)Nc2ccccc2OCc2cc(=O)n3cccc(C)c3n2)cc1Cl. The minimum atomic E-state index is -0.432. The number of aryl methyl sites for hydroxylation is 2. The number of aromatic nitrogens is 2. The van der Waals surface area contributed by atoms with Crippen molar-refractivity contribution < 1.29 is 9.53 Å². The van der Waals surface area contributed by atoms with Gasteiger partial charge in [-0.1, -0.05) is 35.9 Å². The van der Waals surface area contributed by atoms with Crippen LogP contribution in [0.3, 0.4) is 0 Å². The molecule has 2 heterocycles. The van der Waals surface area contributed by atoms with Gasteiger partial charge in [0.05, 0.1) is 11.4 Å². The molecule has 0 saturated heterocycles. The van der Waals surface area contributed by atoms with Gasteiger partial charge in [-0.05, 0) is 55.3 Å². The molecule has 4 aromatic rings. The lowest BCUT2D eigenvalue weighted by Crippen LogP contribution is -2.20. The van der Waals surface area contributed by atoms with E-state index in [-0.39, 0.29) is 12.2 Å². The second-order valence-electron chi connectivity index (χ2n) is 7.30. The maximum absolute atomic E-state index is 12.5. The molecule has 0 aliphatic rings. The number of fused-ring (bicyclic) bond motifs is 1. The number of nitrogens with one attached hydrogen (secondary N) is 2. The molecule has 2 N–H and O–H groups in total. The monoisotopic (exact) mass is 448 g/mol. The Morgan fingerprint density at radius 3 is 2.66 bits per heavy atom. The van der Waals surface area contributed by atoms with Crippen molar-refractivity contribution in [2.45, 2.75) is 20.5 Å². The summed E-state index contributed by atoms with van der Waals surface area (Å²) in [6, 6.07) is 17.0. The summed E-state index contributed by atoms with van der Waals surface area (Å²) in [7, 11) is 0. The molecule has 0 bridgehead atoms. The molecule has 2 aromatic heterocycles. The number of halogens is 1. The first-order chi connectivity index (χ1) is 15.4. The van der Waals surface area contributed by atoms with Gasteiger partial charge in [-0.3, -0.25) is 9.20 Å². The quantitative estimate of drug-likeness (QED) is 0.440. The van der Waals surface area contributed by atoms with E-state index in [0.717, 1.165) is 11.1 Å². The van der Waals surface area contributed by atoms with Crippen LogP contribution in [0.25, 0.3) is 5.65 Å². The second kappa shape index (κ2) is 9.11. The van der Waals surface area contributed by atoms with Crippen molar-refractivity contribution in [3.63, 3.8) is 0 Å². The van der Waals surface area contributed by atoms with Crippen LogP contribution in [0.2, 0.25) is 5.02 Å². The van der Waals surface area contributed by atoms with Crippen LogP contribution < -0.4 is 20.9 Å². The normalized spacial score (nSPS) is 10.7. The smallest absolute Gasteiger partial charge is 0.323 e. The van der Waals surface area contributed by atoms with Gasteiger partial charge in [-0.25, -0.2) is 9.78 Å². The first kappa shape index (κ1) is 21.4.